The van der Waals surface area contributed by atoms with E-state index in [2.05, 4.69) is 0 Å². The number of carbonyl (C=O) groups is 2. The number of aliphatic hydroxyl groups is 1. The highest BCUT2D eigenvalue weighted by Crippen LogP contribution is 2.61. The molecule has 3 unspecified atom stereocenters. The quantitative estimate of drug-likeness (QED) is 0.753. The van der Waals surface area contributed by atoms with Crippen molar-refractivity contribution in [1.82, 2.24) is 0 Å². The molecule has 27 heavy (non-hydrogen) atoms. The van der Waals surface area contributed by atoms with Crippen LogP contribution in [0.4, 0.5) is 18.9 Å². The zero-order valence-corrected chi connectivity index (χ0v) is 14.4. The van der Waals surface area contributed by atoms with Crippen molar-refractivity contribution in [3.05, 3.63) is 29.3 Å². The van der Waals surface area contributed by atoms with Crippen LogP contribution in [0.2, 0.25) is 0 Å². The third kappa shape index (κ3) is 2.14. The van der Waals surface area contributed by atoms with Gasteiger partial charge in [-0.05, 0) is 32.0 Å². The molecule has 1 N–H and O–H groups in total. The molecule has 1 aromatic carbocycles. The van der Waals surface area contributed by atoms with Gasteiger partial charge < -0.3 is 9.84 Å². The number of aliphatic hydroxyl groups excluding tert-OH is 1. The third-order valence-electron chi connectivity index (χ3n) is 5.98. The van der Waals surface area contributed by atoms with Crippen molar-refractivity contribution in [3.63, 3.8) is 0 Å². The Morgan fingerprint density at radius 3 is 2.48 bits per heavy atom. The standard InChI is InChI=1S/C18H15F3N2O4/c1-16-6-11(24)17(2,27-16)13-12(16)14(25)23(15(13)26)9-4-3-8(7-22)10(5-9)18(19,20)21/h3-5,11-13,24H,6H2,1-2H3/t11-,12?,13-,16?,17?/m0/s1. The van der Waals surface area contributed by atoms with Crippen molar-refractivity contribution in [1.29, 1.82) is 5.26 Å². The molecular weight excluding hydrogens is 365 g/mol. The fourth-order valence-corrected chi connectivity index (χ4v) is 4.78. The van der Waals surface area contributed by atoms with E-state index in [-0.39, 0.29) is 12.1 Å². The molecule has 9 heteroatoms. The van der Waals surface area contributed by atoms with Crippen LogP contribution < -0.4 is 4.90 Å². The summed E-state index contributed by atoms with van der Waals surface area (Å²) in [5, 5.41) is 19.2. The summed E-state index contributed by atoms with van der Waals surface area (Å²) in [5.41, 5.74) is -4.37. The maximum Gasteiger partial charge on any atom is 0.417 e. The Morgan fingerprint density at radius 2 is 1.89 bits per heavy atom. The topological polar surface area (TPSA) is 90.6 Å². The summed E-state index contributed by atoms with van der Waals surface area (Å²) in [5.74, 6) is -3.19. The summed E-state index contributed by atoms with van der Waals surface area (Å²) in [4.78, 5) is 26.6. The number of nitrogens with zero attached hydrogens (tertiary/aromatic N) is 2. The highest BCUT2D eigenvalue weighted by atomic mass is 19.4. The van der Waals surface area contributed by atoms with E-state index in [1.54, 1.807) is 13.8 Å². The van der Waals surface area contributed by atoms with Crippen LogP contribution in [0.15, 0.2) is 18.2 Å². The number of alkyl halides is 3. The zero-order chi connectivity index (χ0) is 19.9. The van der Waals surface area contributed by atoms with Crippen molar-refractivity contribution in [2.24, 2.45) is 11.8 Å². The molecule has 1 aromatic rings. The molecule has 5 atom stereocenters. The summed E-state index contributed by atoms with van der Waals surface area (Å²) in [6.07, 6.45) is -5.59. The van der Waals surface area contributed by atoms with Crippen LogP contribution in [0.3, 0.4) is 0 Å². The number of benzene rings is 1. The Kier molecular flexibility index (Phi) is 3.38. The number of fused-ring (bicyclic) bond motifs is 5. The summed E-state index contributed by atoms with van der Waals surface area (Å²) in [6, 6.07) is 4.19. The predicted octanol–water partition coefficient (Wildman–Crippen LogP) is 1.99. The van der Waals surface area contributed by atoms with Crippen molar-refractivity contribution in [2.45, 2.75) is 43.8 Å². The highest BCUT2D eigenvalue weighted by Gasteiger charge is 2.75. The van der Waals surface area contributed by atoms with Gasteiger partial charge in [0.1, 0.15) is 5.60 Å². The molecule has 0 aromatic heterocycles. The zero-order valence-electron chi connectivity index (χ0n) is 14.4. The monoisotopic (exact) mass is 380 g/mol. The normalized spacial score (nSPS) is 37.7. The van der Waals surface area contributed by atoms with Gasteiger partial charge in [0.05, 0.1) is 46.4 Å². The highest BCUT2D eigenvalue weighted by molar-refractivity contribution is 6.23. The van der Waals surface area contributed by atoms with Crippen LogP contribution in [0.25, 0.3) is 0 Å². The van der Waals surface area contributed by atoms with Crippen LogP contribution >= 0.6 is 0 Å². The first kappa shape index (κ1) is 17.9. The molecule has 6 nitrogen and oxygen atoms in total. The second-order valence-corrected chi connectivity index (χ2v) is 7.63. The van der Waals surface area contributed by atoms with Crippen LogP contribution in [0.1, 0.15) is 31.4 Å². The van der Waals surface area contributed by atoms with Gasteiger partial charge in [-0.3, -0.25) is 9.59 Å². The Labute approximate surface area is 152 Å². The molecule has 0 saturated carbocycles. The smallest absolute Gasteiger partial charge is 0.390 e. The Morgan fingerprint density at radius 1 is 1.26 bits per heavy atom. The van der Waals surface area contributed by atoms with Crippen LogP contribution in [0.5, 0.6) is 0 Å². The molecule has 0 aliphatic carbocycles. The maximum absolute atomic E-state index is 13.2. The van der Waals surface area contributed by atoms with Gasteiger partial charge in [0.25, 0.3) is 0 Å². The van der Waals surface area contributed by atoms with E-state index in [0.717, 1.165) is 17.0 Å². The lowest BCUT2D eigenvalue weighted by molar-refractivity contribution is -0.138. The second kappa shape index (κ2) is 5.09. The number of ether oxygens (including phenoxy) is 1. The molecule has 3 aliphatic rings. The minimum atomic E-state index is -4.81. The van der Waals surface area contributed by atoms with E-state index in [9.17, 15) is 27.9 Å². The van der Waals surface area contributed by atoms with E-state index in [4.69, 9.17) is 10.00 Å². The maximum atomic E-state index is 13.2. The number of hydrogen-bond donors (Lipinski definition) is 1. The number of imide groups is 1. The summed E-state index contributed by atoms with van der Waals surface area (Å²) in [6.45, 7) is 3.17. The number of halogens is 3. The van der Waals surface area contributed by atoms with E-state index >= 15 is 0 Å². The molecule has 3 aliphatic heterocycles. The first-order valence-corrected chi connectivity index (χ1v) is 8.31. The fraction of sp³-hybridized carbons (Fsp3) is 0.500. The number of nitriles is 1. The number of rotatable bonds is 1. The van der Waals surface area contributed by atoms with Gasteiger partial charge in [-0.15, -0.1) is 0 Å². The number of hydrogen-bond acceptors (Lipinski definition) is 5. The van der Waals surface area contributed by atoms with Crippen LogP contribution in [-0.4, -0.2) is 34.2 Å². The summed E-state index contributed by atoms with van der Waals surface area (Å²) in [7, 11) is 0. The minimum Gasteiger partial charge on any atom is -0.390 e. The van der Waals surface area contributed by atoms with Crippen molar-refractivity contribution in [2.75, 3.05) is 4.90 Å². The molecule has 142 valence electrons. The first-order chi connectivity index (χ1) is 12.4. The SMILES string of the molecule is CC12C[C@H](O)C(C)(O1)[C@@H]1C(=O)N(c3ccc(C#N)c(C(F)(F)F)c3)C(=O)C12. The van der Waals surface area contributed by atoms with Crippen molar-refractivity contribution >= 4 is 17.5 Å². The first-order valence-electron chi connectivity index (χ1n) is 8.31. The second-order valence-electron chi connectivity index (χ2n) is 7.63. The number of amides is 2. The molecule has 3 heterocycles. The van der Waals surface area contributed by atoms with Gasteiger partial charge in [-0.25, -0.2) is 4.90 Å². The van der Waals surface area contributed by atoms with Gasteiger partial charge in [0, 0.05) is 6.42 Å². The van der Waals surface area contributed by atoms with Crippen LogP contribution in [-0.2, 0) is 20.5 Å². The third-order valence-corrected chi connectivity index (χ3v) is 5.98. The van der Waals surface area contributed by atoms with Gasteiger partial charge in [0.15, 0.2) is 0 Å². The summed E-state index contributed by atoms with van der Waals surface area (Å²) >= 11 is 0. The van der Waals surface area contributed by atoms with E-state index in [0.29, 0.717) is 6.07 Å². The number of carbonyl (C=O) groups excluding carboxylic acids is 2. The lowest BCUT2D eigenvalue weighted by Crippen LogP contribution is -2.49. The fourth-order valence-electron chi connectivity index (χ4n) is 4.78. The Bertz CT molecular complexity index is 924. The lowest BCUT2D eigenvalue weighted by Gasteiger charge is -2.31. The molecule has 0 radical (unpaired) electrons. The van der Waals surface area contributed by atoms with Crippen molar-refractivity contribution in [3.8, 4) is 6.07 Å². The largest absolute Gasteiger partial charge is 0.417 e. The molecule has 4 rings (SSSR count). The van der Waals surface area contributed by atoms with E-state index in [1.807, 2.05) is 0 Å². The molecule has 2 amide bonds. The van der Waals surface area contributed by atoms with Gasteiger partial charge in [0.2, 0.25) is 11.8 Å². The Hall–Kier alpha value is -2.44. The minimum absolute atomic E-state index is 0.165. The predicted molar refractivity (Wildman–Crippen MR) is 84.2 cm³/mol. The lowest BCUT2D eigenvalue weighted by atomic mass is 9.67. The van der Waals surface area contributed by atoms with Gasteiger partial charge in [-0.1, -0.05) is 0 Å². The molecule has 2 bridgehead atoms. The average molecular weight is 380 g/mol. The van der Waals surface area contributed by atoms with Crippen molar-refractivity contribution < 1.29 is 32.6 Å². The Balaban J connectivity index is 1.81. The van der Waals surface area contributed by atoms with E-state index < -0.39 is 58.3 Å². The molecular formula is C18H15F3N2O4. The molecule has 3 saturated heterocycles. The average Bonchev–Trinajstić information content (AvgIpc) is 3.07. The van der Waals surface area contributed by atoms with E-state index in [1.165, 1.54) is 6.07 Å². The van der Waals surface area contributed by atoms with Gasteiger partial charge in [-0.2, -0.15) is 18.4 Å². The summed E-state index contributed by atoms with van der Waals surface area (Å²) < 4.78 is 45.6. The molecule has 3 fully saturated rings. The molecule has 0 spiro atoms. The van der Waals surface area contributed by atoms with Crippen LogP contribution in [0, 0.1) is 23.2 Å². The van der Waals surface area contributed by atoms with Gasteiger partial charge >= 0.3 is 6.18 Å². The number of anilines is 1.